The van der Waals surface area contributed by atoms with E-state index in [-0.39, 0.29) is 11.5 Å². The van der Waals surface area contributed by atoms with Crippen molar-refractivity contribution >= 4 is 11.0 Å². The minimum Gasteiger partial charge on any atom is -0.345 e. The van der Waals surface area contributed by atoms with Crippen LogP contribution >= 0.6 is 0 Å². The highest BCUT2D eigenvalue weighted by molar-refractivity contribution is 5.75. The Labute approximate surface area is 113 Å². The van der Waals surface area contributed by atoms with Gasteiger partial charge in [-0.15, -0.1) is 0 Å². The molecule has 0 bridgehead atoms. The molecule has 1 atom stereocenters. The van der Waals surface area contributed by atoms with Crippen LogP contribution in [0.15, 0.2) is 24.5 Å². The largest absolute Gasteiger partial charge is 0.345 e. The molecule has 1 heterocycles. The van der Waals surface area contributed by atoms with Crippen molar-refractivity contribution in [2.45, 2.75) is 25.3 Å². The summed E-state index contributed by atoms with van der Waals surface area (Å²) < 4.78 is 0. The van der Waals surface area contributed by atoms with E-state index in [1.165, 1.54) is 5.56 Å². The Bertz CT molecular complexity index is 531. The zero-order chi connectivity index (χ0) is 13.9. The number of imidazole rings is 1. The highest BCUT2D eigenvalue weighted by Crippen LogP contribution is 2.24. The number of benzene rings is 1. The summed E-state index contributed by atoms with van der Waals surface area (Å²) in [5.41, 5.74) is 14.7. The van der Waals surface area contributed by atoms with Crippen molar-refractivity contribution in [2.24, 2.45) is 11.5 Å². The number of nitrogens with two attached hydrogens (primary N) is 2. The Hall–Kier alpha value is -1.43. The van der Waals surface area contributed by atoms with Crippen LogP contribution in [-0.4, -0.2) is 35.6 Å². The molecule has 0 amide bonds. The third-order valence-corrected chi connectivity index (χ3v) is 3.48. The van der Waals surface area contributed by atoms with Gasteiger partial charge in [-0.3, -0.25) is 0 Å². The van der Waals surface area contributed by atoms with Crippen molar-refractivity contribution < 1.29 is 0 Å². The summed E-state index contributed by atoms with van der Waals surface area (Å²) in [6.45, 7) is 6.54. The molecular weight excluding hydrogens is 238 g/mol. The number of hydrogen-bond donors (Lipinski definition) is 4. The summed E-state index contributed by atoms with van der Waals surface area (Å²) in [5.74, 6) is 0. The maximum Gasteiger partial charge on any atom is 0.0931 e. The highest BCUT2D eigenvalue weighted by Gasteiger charge is 2.21. The molecule has 0 saturated carbocycles. The zero-order valence-electron chi connectivity index (χ0n) is 11.6. The molecule has 1 aromatic carbocycles. The average Bonchev–Trinajstić information content (AvgIpc) is 2.85. The van der Waals surface area contributed by atoms with Gasteiger partial charge in [0.15, 0.2) is 0 Å². The minimum absolute atomic E-state index is 0.0193. The number of hydrogen-bond acceptors (Lipinski definition) is 4. The first-order chi connectivity index (χ1) is 9.03. The molecule has 5 heteroatoms. The summed E-state index contributed by atoms with van der Waals surface area (Å²) in [7, 11) is 0. The quantitative estimate of drug-likeness (QED) is 0.616. The molecular formula is C14H23N5. The van der Waals surface area contributed by atoms with Gasteiger partial charge >= 0.3 is 0 Å². The van der Waals surface area contributed by atoms with Crippen LogP contribution in [0.1, 0.15) is 19.4 Å². The molecule has 2 aromatic rings. The number of aromatic amines is 1. The molecule has 2 rings (SSSR count). The van der Waals surface area contributed by atoms with E-state index in [1.807, 2.05) is 0 Å². The summed E-state index contributed by atoms with van der Waals surface area (Å²) in [6.07, 6.45) is 1.72. The van der Waals surface area contributed by atoms with Crippen LogP contribution in [0.25, 0.3) is 11.0 Å². The van der Waals surface area contributed by atoms with Crippen LogP contribution < -0.4 is 16.8 Å². The van der Waals surface area contributed by atoms with Crippen molar-refractivity contribution in [3.05, 3.63) is 30.1 Å². The number of nitrogens with zero attached hydrogens (tertiary/aromatic N) is 1. The number of fused-ring (bicyclic) bond motifs is 1. The molecule has 1 aromatic heterocycles. The fourth-order valence-corrected chi connectivity index (χ4v) is 2.11. The number of rotatable bonds is 6. The smallest absolute Gasteiger partial charge is 0.0931 e. The SMILES string of the molecule is CC(C)(CNCC(N)CN)c1ccc2nc[nH]c2c1. The lowest BCUT2D eigenvalue weighted by Gasteiger charge is -2.26. The molecule has 0 saturated heterocycles. The van der Waals surface area contributed by atoms with E-state index in [0.29, 0.717) is 6.54 Å². The van der Waals surface area contributed by atoms with Crippen molar-refractivity contribution in [1.29, 1.82) is 0 Å². The Morgan fingerprint density at radius 3 is 2.95 bits per heavy atom. The Morgan fingerprint density at radius 2 is 2.21 bits per heavy atom. The van der Waals surface area contributed by atoms with Gasteiger partial charge < -0.3 is 21.8 Å². The zero-order valence-corrected chi connectivity index (χ0v) is 11.6. The third kappa shape index (κ3) is 3.32. The van der Waals surface area contributed by atoms with Gasteiger partial charge in [-0.1, -0.05) is 19.9 Å². The third-order valence-electron chi connectivity index (χ3n) is 3.48. The van der Waals surface area contributed by atoms with Crippen molar-refractivity contribution in [1.82, 2.24) is 15.3 Å². The van der Waals surface area contributed by atoms with Gasteiger partial charge in [0.1, 0.15) is 0 Å². The molecule has 0 aliphatic rings. The number of aromatic nitrogens is 2. The summed E-state index contributed by atoms with van der Waals surface area (Å²) in [4.78, 5) is 7.38. The molecule has 6 N–H and O–H groups in total. The van der Waals surface area contributed by atoms with E-state index in [0.717, 1.165) is 24.1 Å². The first-order valence-corrected chi connectivity index (χ1v) is 6.63. The average molecular weight is 261 g/mol. The molecule has 0 fully saturated rings. The normalized spacial score (nSPS) is 13.9. The van der Waals surface area contributed by atoms with Gasteiger partial charge in [0, 0.05) is 31.1 Å². The van der Waals surface area contributed by atoms with Gasteiger partial charge in [-0.2, -0.15) is 0 Å². The van der Waals surface area contributed by atoms with Crippen LogP contribution in [0.4, 0.5) is 0 Å². The maximum absolute atomic E-state index is 5.80. The summed E-state index contributed by atoms with van der Waals surface area (Å²) >= 11 is 0. The second-order valence-electron chi connectivity index (χ2n) is 5.65. The van der Waals surface area contributed by atoms with Crippen LogP contribution in [0.3, 0.4) is 0 Å². The highest BCUT2D eigenvalue weighted by atomic mass is 14.9. The van der Waals surface area contributed by atoms with Crippen LogP contribution in [0, 0.1) is 0 Å². The van der Waals surface area contributed by atoms with Gasteiger partial charge in [-0.05, 0) is 17.7 Å². The van der Waals surface area contributed by atoms with Crippen LogP contribution in [0.5, 0.6) is 0 Å². The van der Waals surface area contributed by atoms with Gasteiger partial charge in [0.25, 0.3) is 0 Å². The van der Waals surface area contributed by atoms with E-state index in [1.54, 1.807) is 6.33 Å². The van der Waals surface area contributed by atoms with Crippen molar-refractivity contribution in [3.8, 4) is 0 Å². The standard InChI is InChI=1S/C14H23N5/c1-14(2,8-17-7-11(16)6-15)10-3-4-12-13(5-10)19-9-18-12/h3-5,9,11,17H,6-8,15-16H2,1-2H3,(H,18,19). The molecule has 0 aliphatic heterocycles. The molecule has 1 unspecified atom stereocenters. The second kappa shape index (κ2) is 5.69. The molecule has 19 heavy (non-hydrogen) atoms. The first-order valence-electron chi connectivity index (χ1n) is 6.63. The first kappa shape index (κ1) is 14.0. The molecule has 0 spiro atoms. The monoisotopic (exact) mass is 261 g/mol. The Morgan fingerprint density at radius 1 is 1.42 bits per heavy atom. The maximum atomic E-state index is 5.80. The Kier molecular flexibility index (Phi) is 4.19. The number of nitrogens with one attached hydrogen (secondary N) is 2. The predicted octanol–water partition coefficient (Wildman–Crippen LogP) is 0.716. The lowest BCUT2D eigenvalue weighted by Crippen LogP contribution is -2.43. The summed E-state index contributed by atoms with van der Waals surface area (Å²) in [6, 6.07) is 6.36. The predicted molar refractivity (Wildman–Crippen MR) is 79.0 cm³/mol. The fourth-order valence-electron chi connectivity index (χ4n) is 2.11. The van der Waals surface area contributed by atoms with Gasteiger partial charge in [0.05, 0.1) is 17.4 Å². The molecule has 104 valence electrons. The minimum atomic E-state index is 0.0193. The molecule has 0 radical (unpaired) electrons. The lowest BCUT2D eigenvalue weighted by atomic mass is 9.84. The van der Waals surface area contributed by atoms with Gasteiger partial charge in [0.2, 0.25) is 0 Å². The van der Waals surface area contributed by atoms with Crippen LogP contribution in [0.2, 0.25) is 0 Å². The van der Waals surface area contributed by atoms with Crippen molar-refractivity contribution in [2.75, 3.05) is 19.6 Å². The van der Waals surface area contributed by atoms with E-state index in [2.05, 4.69) is 47.3 Å². The van der Waals surface area contributed by atoms with E-state index in [9.17, 15) is 0 Å². The topological polar surface area (TPSA) is 92.8 Å². The lowest BCUT2D eigenvalue weighted by molar-refractivity contribution is 0.454. The molecule has 0 aliphatic carbocycles. The summed E-state index contributed by atoms with van der Waals surface area (Å²) in [5, 5.41) is 3.39. The van der Waals surface area contributed by atoms with E-state index < -0.39 is 0 Å². The Balaban J connectivity index is 2.05. The van der Waals surface area contributed by atoms with Crippen molar-refractivity contribution in [3.63, 3.8) is 0 Å². The second-order valence-corrected chi connectivity index (χ2v) is 5.65. The van der Waals surface area contributed by atoms with Gasteiger partial charge in [-0.25, -0.2) is 4.98 Å². The molecule has 5 nitrogen and oxygen atoms in total. The van der Waals surface area contributed by atoms with E-state index >= 15 is 0 Å². The number of H-pyrrole nitrogens is 1. The van der Waals surface area contributed by atoms with E-state index in [4.69, 9.17) is 11.5 Å². The fraction of sp³-hybridized carbons (Fsp3) is 0.500. The van der Waals surface area contributed by atoms with Crippen LogP contribution in [-0.2, 0) is 5.41 Å².